The molecule has 2 aliphatic rings. The largest absolute Gasteiger partial charge is 0.508 e. The first-order chi connectivity index (χ1) is 12.5. The Hall–Kier alpha value is -2.22. The lowest BCUT2D eigenvalue weighted by atomic mass is 9.87. The molecule has 1 heterocycles. The van der Waals surface area contributed by atoms with Gasteiger partial charge in [-0.15, -0.1) is 0 Å². The Balaban J connectivity index is 2.05. The third-order valence-electron chi connectivity index (χ3n) is 5.05. The lowest BCUT2D eigenvalue weighted by molar-refractivity contribution is -0.227. The summed E-state index contributed by atoms with van der Waals surface area (Å²) in [5.74, 6) is -0.520. The predicted octanol–water partition coefficient (Wildman–Crippen LogP) is 4.23. The highest BCUT2D eigenvalue weighted by atomic mass is 19.4. The smallest absolute Gasteiger partial charge is 0.422 e. The summed E-state index contributed by atoms with van der Waals surface area (Å²) in [6.07, 6.45) is -1.48. The molecule has 1 aliphatic carbocycles. The quantitative estimate of drug-likeness (QED) is 0.846. The van der Waals surface area contributed by atoms with Crippen LogP contribution < -0.4 is 4.74 Å². The first-order valence-corrected chi connectivity index (χ1v) is 8.76. The molecule has 8 heteroatoms. The van der Waals surface area contributed by atoms with Crippen LogP contribution in [0.2, 0.25) is 0 Å². The second-order valence-electron chi connectivity index (χ2n) is 7.15. The minimum absolute atomic E-state index is 0.0645. The number of nitrogens with zero attached hydrogens (tertiary/aromatic N) is 1. The SMILES string of the molecule is Cc1cc(OCC(F)(F)F)cc(C)c1C1=C(O)C2(CCCC2)ON(C)C1=O. The van der Waals surface area contributed by atoms with Crippen LogP contribution in [0.15, 0.2) is 17.9 Å². The molecule has 0 atom stereocenters. The highest BCUT2D eigenvalue weighted by Crippen LogP contribution is 2.46. The zero-order valence-corrected chi connectivity index (χ0v) is 15.4. The fourth-order valence-corrected chi connectivity index (χ4v) is 3.90. The Morgan fingerprint density at radius 1 is 1.22 bits per heavy atom. The maximum Gasteiger partial charge on any atom is 0.422 e. The van der Waals surface area contributed by atoms with E-state index in [1.54, 1.807) is 13.8 Å². The number of aliphatic hydroxyl groups is 1. The zero-order valence-electron chi connectivity index (χ0n) is 15.4. The summed E-state index contributed by atoms with van der Waals surface area (Å²) in [7, 11) is 1.50. The van der Waals surface area contributed by atoms with Gasteiger partial charge in [-0.2, -0.15) is 13.2 Å². The molecule has 27 heavy (non-hydrogen) atoms. The Morgan fingerprint density at radius 3 is 2.30 bits per heavy atom. The van der Waals surface area contributed by atoms with Gasteiger partial charge in [-0.25, -0.2) is 5.06 Å². The molecule has 0 aromatic heterocycles. The molecule has 1 spiro atoms. The first kappa shape index (κ1) is 19.5. The van der Waals surface area contributed by atoms with Crippen molar-refractivity contribution in [3.63, 3.8) is 0 Å². The van der Waals surface area contributed by atoms with E-state index in [9.17, 15) is 23.1 Å². The third kappa shape index (κ3) is 3.63. The Kier molecular flexibility index (Phi) is 4.88. The number of benzene rings is 1. The molecule has 0 bridgehead atoms. The average molecular weight is 385 g/mol. The van der Waals surface area contributed by atoms with Gasteiger partial charge in [0, 0.05) is 7.05 Å². The normalized spacial score (nSPS) is 19.9. The van der Waals surface area contributed by atoms with Crippen LogP contribution in [0.5, 0.6) is 5.75 Å². The van der Waals surface area contributed by atoms with Crippen LogP contribution in [0, 0.1) is 13.8 Å². The van der Waals surface area contributed by atoms with Gasteiger partial charge in [0.2, 0.25) is 0 Å². The molecule has 1 aromatic rings. The second-order valence-corrected chi connectivity index (χ2v) is 7.15. The van der Waals surface area contributed by atoms with E-state index in [0.29, 0.717) is 29.5 Å². The average Bonchev–Trinajstić information content (AvgIpc) is 3.02. The Labute approximate surface area is 155 Å². The van der Waals surface area contributed by atoms with E-state index in [1.165, 1.54) is 19.2 Å². The molecular formula is C19H22F3NO4. The van der Waals surface area contributed by atoms with Gasteiger partial charge in [-0.05, 0) is 68.4 Å². The van der Waals surface area contributed by atoms with Gasteiger partial charge in [0.25, 0.3) is 5.91 Å². The van der Waals surface area contributed by atoms with Crippen molar-refractivity contribution >= 4 is 11.5 Å². The summed E-state index contributed by atoms with van der Waals surface area (Å²) in [5, 5.41) is 12.0. The molecule has 3 rings (SSSR count). The van der Waals surface area contributed by atoms with Crippen LogP contribution in [-0.4, -0.2) is 41.5 Å². The second kappa shape index (κ2) is 6.74. The summed E-state index contributed by atoms with van der Waals surface area (Å²) in [6.45, 7) is 1.96. The maximum atomic E-state index is 12.7. The fraction of sp³-hybridized carbons (Fsp3) is 0.526. The van der Waals surface area contributed by atoms with Crippen LogP contribution in [0.1, 0.15) is 42.4 Å². The maximum absolute atomic E-state index is 12.7. The van der Waals surface area contributed by atoms with Gasteiger partial charge >= 0.3 is 6.18 Å². The number of hydrogen-bond acceptors (Lipinski definition) is 4. The highest BCUT2D eigenvalue weighted by molar-refractivity contribution is 6.21. The summed E-state index contributed by atoms with van der Waals surface area (Å²) < 4.78 is 42.0. The van der Waals surface area contributed by atoms with E-state index in [0.717, 1.165) is 17.9 Å². The minimum atomic E-state index is -4.44. The number of aliphatic hydroxyl groups excluding tert-OH is 1. The van der Waals surface area contributed by atoms with Crippen LogP contribution in [0.4, 0.5) is 13.2 Å². The van der Waals surface area contributed by atoms with E-state index in [1.807, 2.05) is 0 Å². The topological polar surface area (TPSA) is 59.0 Å². The van der Waals surface area contributed by atoms with Crippen molar-refractivity contribution in [2.45, 2.75) is 51.3 Å². The lowest BCUT2D eigenvalue weighted by Crippen LogP contribution is -2.47. The molecular weight excluding hydrogens is 363 g/mol. The van der Waals surface area contributed by atoms with Gasteiger partial charge in [-0.3, -0.25) is 9.63 Å². The van der Waals surface area contributed by atoms with Crippen molar-refractivity contribution in [2.75, 3.05) is 13.7 Å². The van der Waals surface area contributed by atoms with Crippen molar-refractivity contribution < 1.29 is 32.6 Å². The molecule has 1 N–H and O–H groups in total. The molecule has 1 aromatic carbocycles. The number of amides is 1. The van der Waals surface area contributed by atoms with Crippen molar-refractivity contribution in [3.05, 3.63) is 34.6 Å². The van der Waals surface area contributed by atoms with E-state index in [-0.39, 0.29) is 17.1 Å². The van der Waals surface area contributed by atoms with Crippen LogP contribution in [-0.2, 0) is 9.63 Å². The van der Waals surface area contributed by atoms with Gasteiger partial charge in [0.1, 0.15) is 11.5 Å². The molecule has 1 fully saturated rings. The van der Waals surface area contributed by atoms with Crippen molar-refractivity contribution in [2.24, 2.45) is 0 Å². The standard InChI is InChI=1S/C19H22F3NO4/c1-11-8-13(26-10-19(20,21)22)9-12(2)14(11)15-16(24)18(6-4-5-7-18)27-23(3)17(15)25/h8-9,24H,4-7,10H2,1-3H3. The molecule has 1 aliphatic heterocycles. The number of carbonyl (C=O) groups excluding carboxylic acids is 1. The third-order valence-corrected chi connectivity index (χ3v) is 5.05. The molecule has 0 unspecified atom stereocenters. The molecule has 0 radical (unpaired) electrons. The molecule has 1 amide bonds. The zero-order chi connectivity index (χ0) is 20.0. The number of halogens is 3. The highest BCUT2D eigenvalue weighted by Gasteiger charge is 2.48. The number of alkyl halides is 3. The van der Waals surface area contributed by atoms with Gasteiger partial charge < -0.3 is 9.84 Å². The van der Waals surface area contributed by atoms with Crippen LogP contribution in [0.25, 0.3) is 5.57 Å². The number of ether oxygens (including phenoxy) is 1. The fourth-order valence-electron chi connectivity index (χ4n) is 3.90. The van der Waals surface area contributed by atoms with Gasteiger partial charge in [0.05, 0.1) is 5.57 Å². The Bertz CT molecular complexity index is 772. The molecule has 0 saturated heterocycles. The van der Waals surface area contributed by atoms with E-state index >= 15 is 0 Å². The number of rotatable bonds is 3. The number of likely N-dealkylation sites (N-methyl/N-ethyl adjacent to an activating group) is 1. The van der Waals surface area contributed by atoms with E-state index in [2.05, 4.69) is 0 Å². The lowest BCUT2D eigenvalue weighted by Gasteiger charge is -2.38. The van der Waals surface area contributed by atoms with Crippen molar-refractivity contribution in [3.8, 4) is 5.75 Å². The first-order valence-electron chi connectivity index (χ1n) is 8.76. The molecule has 148 valence electrons. The van der Waals surface area contributed by atoms with Crippen molar-refractivity contribution in [1.82, 2.24) is 5.06 Å². The van der Waals surface area contributed by atoms with E-state index < -0.39 is 24.3 Å². The summed E-state index contributed by atoms with van der Waals surface area (Å²) in [6, 6.07) is 2.89. The summed E-state index contributed by atoms with van der Waals surface area (Å²) in [4.78, 5) is 18.4. The van der Waals surface area contributed by atoms with Crippen LogP contribution >= 0.6 is 0 Å². The number of hydrogen-bond donors (Lipinski definition) is 1. The number of hydroxylamine groups is 2. The summed E-state index contributed by atoms with van der Waals surface area (Å²) in [5.41, 5.74) is 0.819. The van der Waals surface area contributed by atoms with E-state index in [4.69, 9.17) is 9.57 Å². The predicted molar refractivity (Wildman–Crippen MR) is 92.1 cm³/mol. The van der Waals surface area contributed by atoms with Gasteiger partial charge in [-0.1, -0.05) is 0 Å². The molecule has 1 saturated carbocycles. The van der Waals surface area contributed by atoms with Gasteiger partial charge in [0.15, 0.2) is 12.2 Å². The number of carbonyl (C=O) groups is 1. The summed E-state index contributed by atoms with van der Waals surface area (Å²) >= 11 is 0. The number of aryl methyl sites for hydroxylation is 2. The Morgan fingerprint density at radius 2 is 1.78 bits per heavy atom. The molecule has 5 nitrogen and oxygen atoms in total. The monoisotopic (exact) mass is 385 g/mol. The van der Waals surface area contributed by atoms with Crippen molar-refractivity contribution in [1.29, 1.82) is 0 Å². The van der Waals surface area contributed by atoms with Crippen LogP contribution in [0.3, 0.4) is 0 Å². The minimum Gasteiger partial charge on any atom is -0.508 e.